The van der Waals surface area contributed by atoms with Crippen molar-refractivity contribution in [1.29, 1.82) is 5.26 Å². The van der Waals surface area contributed by atoms with Gasteiger partial charge >= 0.3 is 0 Å². The summed E-state index contributed by atoms with van der Waals surface area (Å²) in [6.45, 7) is 0.456. The number of nitrogens with one attached hydrogen (secondary N) is 1. The number of hydrogen-bond donors (Lipinski definition) is 2. The number of nitriles is 1. The van der Waals surface area contributed by atoms with Crippen molar-refractivity contribution in [2.24, 2.45) is 0 Å². The SMILES string of the molecule is N#C/C(=C/c1cc(Cl)cc(Br)c1O)C(=O)NCCCc1ccccc1. The molecule has 128 valence electrons. The summed E-state index contributed by atoms with van der Waals surface area (Å²) >= 11 is 9.11. The Hall–Kier alpha value is -2.29. The maximum Gasteiger partial charge on any atom is 0.261 e. The number of phenolic OH excluding ortho intramolecular Hbond substituents is 1. The number of rotatable bonds is 6. The van der Waals surface area contributed by atoms with Crippen molar-refractivity contribution in [2.45, 2.75) is 12.8 Å². The van der Waals surface area contributed by atoms with E-state index in [4.69, 9.17) is 11.6 Å². The summed E-state index contributed by atoms with van der Waals surface area (Å²) in [6.07, 6.45) is 2.93. The Bertz CT molecular complexity index is 829. The van der Waals surface area contributed by atoms with Crippen LogP contribution in [0.15, 0.2) is 52.5 Å². The molecule has 2 rings (SSSR count). The summed E-state index contributed by atoms with van der Waals surface area (Å²) in [5.74, 6) is -0.555. The molecule has 6 heteroatoms. The van der Waals surface area contributed by atoms with E-state index in [0.717, 1.165) is 12.8 Å². The second-order valence-electron chi connectivity index (χ2n) is 5.34. The van der Waals surface area contributed by atoms with Gasteiger partial charge in [0.15, 0.2) is 0 Å². The Balaban J connectivity index is 1.98. The third-order valence-corrected chi connectivity index (χ3v) is 4.32. The number of amides is 1. The predicted octanol–water partition coefficient (Wildman–Crippen LogP) is 4.46. The average Bonchev–Trinajstić information content (AvgIpc) is 2.61. The molecule has 0 aromatic heterocycles. The number of phenols is 1. The number of benzene rings is 2. The van der Waals surface area contributed by atoms with Gasteiger partial charge in [-0.05, 0) is 52.5 Å². The number of aryl methyl sites for hydroxylation is 1. The normalized spacial score (nSPS) is 11.0. The van der Waals surface area contributed by atoms with Crippen LogP contribution in [0.1, 0.15) is 17.5 Å². The molecule has 0 fully saturated rings. The minimum absolute atomic E-state index is 0.0750. The van der Waals surface area contributed by atoms with Crippen molar-refractivity contribution in [2.75, 3.05) is 6.54 Å². The van der Waals surface area contributed by atoms with E-state index < -0.39 is 5.91 Å². The van der Waals surface area contributed by atoms with Gasteiger partial charge in [0.1, 0.15) is 17.4 Å². The molecule has 0 aliphatic heterocycles. The first-order valence-corrected chi connectivity index (χ1v) is 8.80. The van der Waals surface area contributed by atoms with E-state index in [2.05, 4.69) is 21.2 Å². The van der Waals surface area contributed by atoms with Crippen molar-refractivity contribution in [1.82, 2.24) is 5.32 Å². The zero-order valence-electron chi connectivity index (χ0n) is 13.3. The Labute approximate surface area is 159 Å². The van der Waals surface area contributed by atoms with E-state index in [0.29, 0.717) is 21.6 Å². The molecule has 1 amide bonds. The highest BCUT2D eigenvalue weighted by atomic mass is 79.9. The zero-order valence-corrected chi connectivity index (χ0v) is 15.6. The summed E-state index contributed by atoms with van der Waals surface area (Å²) in [5, 5.41) is 22.3. The molecule has 0 saturated heterocycles. The fraction of sp³-hybridized carbons (Fsp3) is 0.158. The molecule has 0 radical (unpaired) electrons. The molecular weight excluding hydrogens is 404 g/mol. The van der Waals surface area contributed by atoms with E-state index in [-0.39, 0.29) is 11.3 Å². The van der Waals surface area contributed by atoms with Crippen LogP contribution in [-0.2, 0) is 11.2 Å². The first-order valence-electron chi connectivity index (χ1n) is 7.63. The lowest BCUT2D eigenvalue weighted by atomic mass is 10.1. The van der Waals surface area contributed by atoms with Gasteiger partial charge in [0.05, 0.1) is 4.47 Å². The molecule has 25 heavy (non-hydrogen) atoms. The Kier molecular flexibility index (Phi) is 7.05. The molecule has 2 aromatic rings. The summed E-state index contributed by atoms with van der Waals surface area (Å²) in [5.41, 5.74) is 1.40. The van der Waals surface area contributed by atoms with Crippen LogP contribution in [0.4, 0.5) is 0 Å². The highest BCUT2D eigenvalue weighted by Gasteiger charge is 2.12. The summed E-state index contributed by atoms with van der Waals surface area (Å²) in [4.78, 5) is 12.1. The van der Waals surface area contributed by atoms with E-state index in [9.17, 15) is 15.2 Å². The summed E-state index contributed by atoms with van der Waals surface area (Å²) < 4.78 is 0.395. The van der Waals surface area contributed by atoms with Crippen molar-refractivity contribution >= 4 is 39.5 Å². The quantitative estimate of drug-likeness (QED) is 0.412. The lowest BCUT2D eigenvalue weighted by molar-refractivity contribution is -0.117. The standard InChI is InChI=1S/C19H16BrClN2O2/c20-17-11-16(21)10-14(18(17)24)9-15(12-22)19(25)23-8-4-7-13-5-2-1-3-6-13/h1-3,5-6,9-11,24H,4,7-8H2,(H,23,25)/b15-9-. The van der Waals surface area contributed by atoms with Crippen molar-refractivity contribution in [3.63, 3.8) is 0 Å². The number of carbonyl (C=O) groups is 1. The van der Waals surface area contributed by atoms with Crippen molar-refractivity contribution in [3.05, 3.63) is 68.7 Å². The fourth-order valence-corrected chi connectivity index (χ4v) is 3.07. The maximum atomic E-state index is 12.1. The Morgan fingerprint density at radius 1 is 1.32 bits per heavy atom. The van der Waals surface area contributed by atoms with Gasteiger partial charge in [0, 0.05) is 17.1 Å². The Morgan fingerprint density at radius 3 is 2.72 bits per heavy atom. The van der Waals surface area contributed by atoms with Crippen LogP contribution in [-0.4, -0.2) is 17.6 Å². The molecule has 0 saturated carbocycles. The highest BCUT2D eigenvalue weighted by Crippen LogP contribution is 2.32. The van der Waals surface area contributed by atoms with Gasteiger partial charge in [-0.1, -0.05) is 41.9 Å². The van der Waals surface area contributed by atoms with Crippen molar-refractivity contribution in [3.8, 4) is 11.8 Å². The van der Waals surface area contributed by atoms with E-state index in [1.165, 1.54) is 23.8 Å². The molecule has 0 unspecified atom stereocenters. The van der Waals surface area contributed by atoms with Gasteiger partial charge in [-0.15, -0.1) is 0 Å². The summed E-state index contributed by atoms with van der Waals surface area (Å²) in [6, 6.07) is 14.8. The van der Waals surface area contributed by atoms with Gasteiger partial charge in [0.2, 0.25) is 0 Å². The molecular formula is C19H16BrClN2O2. The van der Waals surface area contributed by atoms with E-state index in [1.54, 1.807) is 0 Å². The zero-order chi connectivity index (χ0) is 18.2. The second-order valence-corrected chi connectivity index (χ2v) is 6.63. The second kappa shape index (κ2) is 9.26. The summed E-state index contributed by atoms with van der Waals surface area (Å²) in [7, 11) is 0. The molecule has 0 atom stereocenters. The number of nitrogens with zero attached hydrogens (tertiary/aromatic N) is 1. The maximum absolute atomic E-state index is 12.1. The number of hydrogen-bond acceptors (Lipinski definition) is 3. The molecule has 2 N–H and O–H groups in total. The van der Waals surface area contributed by atoms with Gasteiger partial charge in [-0.2, -0.15) is 5.26 Å². The van der Waals surface area contributed by atoms with Gasteiger partial charge in [-0.3, -0.25) is 4.79 Å². The molecule has 0 bridgehead atoms. The predicted molar refractivity (Wildman–Crippen MR) is 102 cm³/mol. The molecule has 0 heterocycles. The van der Waals surface area contributed by atoms with Gasteiger partial charge in [0.25, 0.3) is 5.91 Å². The van der Waals surface area contributed by atoms with Crippen LogP contribution in [0.3, 0.4) is 0 Å². The number of carbonyl (C=O) groups excluding carboxylic acids is 1. The highest BCUT2D eigenvalue weighted by molar-refractivity contribution is 9.10. The van der Waals surface area contributed by atoms with Gasteiger partial charge < -0.3 is 10.4 Å². The average molecular weight is 420 g/mol. The van der Waals surface area contributed by atoms with Crippen LogP contribution in [0.5, 0.6) is 5.75 Å². The Morgan fingerprint density at radius 2 is 2.04 bits per heavy atom. The number of halogens is 2. The van der Waals surface area contributed by atoms with Gasteiger partial charge in [-0.25, -0.2) is 0 Å². The lowest BCUT2D eigenvalue weighted by Crippen LogP contribution is -2.25. The van der Waals surface area contributed by atoms with E-state index in [1.807, 2.05) is 36.4 Å². The largest absolute Gasteiger partial charge is 0.506 e. The lowest BCUT2D eigenvalue weighted by Gasteiger charge is -2.06. The van der Waals surface area contributed by atoms with Crippen LogP contribution < -0.4 is 5.32 Å². The monoisotopic (exact) mass is 418 g/mol. The minimum Gasteiger partial charge on any atom is -0.506 e. The first-order chi connectivity index (χ1) is 12.0. The number of aromatic hydroxyl groups is 1. The third-order valence-electron chi connectivity index (χ3n) is 3.49. The van der Waals surface area contributed by atoms with Crippen LogP contribution in [0, 0.1) is 11.3 Å². The van der Waals surface area contributed by atoms with E-state index >= 15 is 0 Å². The van der Waals surface area contributed by atoms with Crippen LogP contribution in [0.25, 0.3) is 6.08 Å². The fourth-order valence-electron chi connectivity index (χ4n) is 2.23. The van der Waals surface area contributed by atoms with Crippen LogP contribution >= 0.6 is 27.5 Å². The molecule has 0 aliphatic rings. The topological polar surface area (TPSA) is 73.1 Å². The van der Waals surface area contributed by atoms with Crippen molar-refractivity contribution < 1.29 is 9.90 Å². The third kappa shape index (κ3) is 5.63. The van der Waals surface area contributed by atoms with Crippen LogP contribution in [0.2, 0.25) is 5.02 Å². The first kappa shape index (κ1) is 19.0. The minimum atomic E-state index is -0.481. The molecule has 4 nitrogen and oxygen atoms in total. The molecule has 0 aliphatic carbocycles. The molecule has 2 aromatic carbocycles. The molecule has 0 spiro atoms. The smallest absolute Gasteiger partial charge is 0.261 e.